The first kappa shape index (κ1) is 10.0. The Hall–Kier alpha value is -0.990. The van der Waals surface area contributed by atoms with Crippen LogP contribution in [-0.4, -0.2) is 18.4 Å². The zero-order valence-corrected chi connectivity index (χ0v) is 7.17. The molecule has 62 valence electrons. The summed E-state index contributed by atoms with van der Waals surface area (Å²) in [7, 11) is 0. The Labute approximate surface area is 67.8 Å². The Morgan fingerprint density at radius 1 is 1.55 bits per heavy atom. The van der Waals surface area contributed by atoms with Crippen molar-refractivity contribution in [2.24, 2.45) is 9.98 Å². The predicted molar refractivity (Wildman–Crippen MR) is 49.9 cm³/mol. The van der Waals surface area contributed by atoms with Crippen molar-refractivity contribution >= 4 is 18.4 Å². The molecule has 0 saturated carbocycles. The van der Waals surface area contributed by atoms with Gasteiger partial charge in [-0.1, -0.05) is 13.3 Å². The van der Waals surface area contributed by atoms with Crippen LogP contribution in [0.15, 0.2) is 9.98 Å². The minimum absolute atomic E-state index is 0.649. The van der Waals surface area contributed by atoms with Crippen molar-refractivity contribution in [2.45, 2.75) is 33.1 Å². The molecule has 0 aromatic rings. The number of hydrogen-bond acceptors (Lipinski definition) is 1. The first-order valence-electron chi connectivity index (χ1n) is 3.87. The first-order valence-corrected chi connectivity index (χ1v) is 3.87. The van der Waals surface area contributed by atoms with Crippen molar-refractivity contribution < 1.29 is 0 Å². The average Bonchev–Trinajstić information content (AvgIpc) is 1.99. The number of aliphatic imine (C=N–C) groups is 2. The van der Waals surface area contributed by atoms with Gasteiger partial charge in [0.25, 0.3) is 0 Å². The van der Waals surface area contributed by atoms with E-state index in [0.717, 1.165) is 12.8 Å². The third-order valence-corrected chi connectivity index (χ3v) is 1.22. The highest BCUT2D eigenvalue weighted by Crippen LogP contribution is 1.90. The molecule has 0 aromatic carbocycles. The van der Waals surface area contributed by atoms with Gasteiger partial charge in [-0.2, -0.15) is 0 Å². The van der Waals surface area contributed by atoms with Crippen molar-refractivity contribution in [1.29, 1.82) is 5.41 Å². The molecule has 0 atom stereocenters. The van der Waals surface area contributed by atoms with Crippen molar-refractivity contribution in [3.8, 4) is 0 Å². The monoisotopic (exact) mass is 153 g/mol. The maximum atomic E-state index is 6.66. The highest BCUT2D eigenvalue weighted by molar-refractivity contribution is 5.91. The van der Waals surface area contributed by atoms with E-state index in [1.807, 2.05) is 6.21 Å². The normalized spacial score (nSPS) is 12.4. The fourth-order valence-corrected chi connectivity index (χ4v) is 0.619. The van der Waals surface area contributed by atoms with Crippen molar-refractivity contribution in [3.05, 3.63) is 0 Å². The van der Waals surface area contributed by atoms with Crippen LogP contribution < -0.4 is 0 Å². The van der Waals surface area contributed by atoms with E-state index in [2.05, 4.69) is 16.9 Å². The Kier molecular flexibility index (Phi) is 6.48. The lowest BCUT2D eigenvalue weighted by Crippen LogP contribution is -1.86. The summed E-state index contributed by atoms with van der Waals surface area (Å²) in [5, 5.41) is 6.66. The van der Waals surface area contributed by atoms with Gasteiger partial charge in [0.15, 0.2) is 0 Å². The second-order valence-electron chi connectivity index (χ2n) is 2.26. The van der Waals surface area contributed by atoms with Crippen LogP contribution in [0.4, 0.5) is 0 Å². The Morgan fingerprint density at radius 2 is 2.27 bits per heavy atom. The van der Waals surface area contributed by atoms with E-state index in [9.17, 15) is 0 Å². The van der Waals surface area contributed by atoms with Gasteiger partial charge in [-0.15, -0.1) is 0 Å². The molecule has 0 aliphatic carbocycles. The summed E-state index contributed by atoms with van der Waals surface area (Å²) in [4.78, 5) is 7.71. The Balaban J connectivity index is 3.56. The van der Waals surface area contributed by atoms with Crippen molar-refractivity contribution in [1.82, 2.24) is 0 Å². The molecule has 3 heteroatoms. The van der Waals surface area contributed by atoms with E-state index in [1.165, 1.54) is 12.8 Å². The maximum absolute atomic E-state index is 6.66. The molecule has 0 amide bonds. The van der Waals surface area contributed by atoms with Gasteiger partial charge >= 0.3 is 0 Å². The van der Waals surface area contributed by atoms with E-state index < -0.39 is 0 Å². The minimum Gasteiger partial charge on any atom is -0.289 e. The topological polar surface area (TPSA) is 48.6 Å². The van der Waals surface area contributed by atoms with Gasteiger partial charge in [-0.3, -0.25) is 5.41 Å². The summed E-state index contributed by atoms with van der Waals surface area (Å²) >= 11 is 0. The molecule has 0 aliphatic rings. The van der Waals surface area contributed by atoms with Crippen molar-refractivity contribution in [3.63, 3.8) is 0 Å². The van der Waals surface area contributed by atoms with Crippen LogP contribution in [0.1, 0.15) is 33.1 Å². The third kappa shape index (κ3) is 6.90. The molecule has 0 bridgehead atoms. The van der Waals surface area contributed by atoms with Crippen LogP contribution in [0.3, 0.4) is 0 Å². The molecule has 0 heterocycles. The molecule has 0 saturated heterocycles. The number of unbranched alkanes of at least 4 members (excludes halogenated alkanes) is 2. The molecule has 3 nitrogen and oxygen atoms in total. The van der Waals surface area contributed by atoms with Gasteiger partial charge in [0.05, 0.1) is 0 Å². The van der Waals surface area contributed by atoms with E-state index in [4.69, 9.17) is 5.41 Å². The molecule has 0 radical (unpaired) electrons. The fraction of sp³-hybridized carbons (Fsp3) is 0.625. The lowest BCUT2D eigenvalue weighted by atomic mass is 10.3. The lowest BCUT2D eigenvalue weighted by Gasteiger charge is -1.88. The summed E-state index contributed by atoms with van der Waals surface area (Å²) in [6.07, 6.45) is 6.22. The summed E-state index contributed by atoms with van der Waals surface area (Å²) < 4.78 is 0. The molecular formula is C8H15N3. The van der Waals surface area contributed by atoms with E-state index >= 15 is 0 Å². The molecule has 0 fully saturated rings. The summed E-state index contributed by atoms with van der Waals surface area (Å²) in [5.74, 6) is 0.649. The van der Waals surface area contributed by atoms with Gasteiger partial charge in [-0.05, 0) is 19.8 Å². The molecular weight excluding hydrogens is 138 g/mol. The highest BCUT2D eigenvalue weighted by Gasteiger charge is 1.81. The molecule has 1 N–H and O–H groups in total. The number of hydrogen-bond donors (Lipinski definition) is 1. The number of nitrogens with zero attached hydrogens (tertiary/aromatic N) is 2. The minimum atomic E-state index is 0.649. The van der Waals surface area contributed by atoms with Gasteiger partial charge in [0.1, 0.15) is 12.2 Å². The molecule has 0 aliphatic heterocycles. The molecule has 0 aromatic heterocycles. The van der Waals surface area contributed by atoms with Gasteiger partial charge in [0.2, 0.25) is 0 Å². The third-order valence-electron chi connectivity index (χ3n) is 1.22. The first-order chi connectivity index (χ1) is 5.31. The molecule has 0 unspecified atom stereocenters. The quantitative estimate of drug-likeness (QED) is 0.366. The number of rotatable bonds is 4. The second-order valence-corrected chi connectivity index (χ2v) is 2.26. The second kappa shape index (κ2) is 7.12. The summed E-state index contributed by atoms with van der Waals surface area (Å²) in [6.45, 7) is 3.93. The predicted octanol–water partition coefficient (Wildman–Crippen LogP) is 2.27. The summed E-state index contributed by atoms with van der Waals surface area (Å²) in [6, 6.07) is 0. The smallest absolute Gasteiger partial charge is 0.126 e. The standard InChI is InChI=1S/C8H15N3/c1-3-4-5-6-10-8(2)11-7-9/h6-7,9H,3-5H2,1-2H3/b9-7?,10-6+,11-8-. The van der Waals surface area contributed by atoms with E-state index in [-0.39, 0.29) is 0 Å². The molecule has 0 rings (SSSR count). The average molecular weight is 153 g/mol. The van der Waals surface area contributed by atoms with Crippen LogP contribution in [0, 0.1) is 5.41 Å². The van der Waals surface area contributed by atoms with Crippen LogP contribution in [0.5, 0.6) is 0 Å². The van der Waals surface area contributed by atoms with Gasteiger partial charge in [-0.25, -0.2) is 9.98 Å². The zero-order chi connectivity index (χ0) is 8.53. The van der Waals surface area contributed by atoms with Crippen LogP contribution in [0.25, 0.3) is 0 Å². The fourth-order valence-electron chi connectivity index (χ4n) is 0.619. The van der Waals surface area contributed by atoms with Gasteiger partial charge in [0, 0.05) is 6.21 Å². The van der Waals surface area contributed by atoms with Crippen LogP contribution in [-0.2, 0) is 0 Å². The van der Waals surface area contributed by atoms with Gasteiger partial charge < -0.3 is 0 Å². The molecule has 0 spiro atoms. The van der Waals surface area contributed by atoms with Crippen LogP contribution >= 0.6 is 0 Å². The van der Waals surface area contributed by atoms with E-state index in [0.29, 0.717) is 5.84 Å². The zero-order valence-electron chi connectivity index (χ0n) is 7.17. The van der Waals surface area contributed by atoms with Crippen molar-refractivity contribution in [2.75, 3.05) is 0 Å². The van der Waals surface area contributed by atoms with E-state index in [1.54, 1.807) is 6.92 Å². The number of nitrogens with one attached hydrogen (secondary N) is 1. The number of amidine groups is 1. The molecule has 11 heavy (non-hydrogen) atoms. The van der Waals surface area contributed by atoms with Crippen LogP contribution in [0.2, 0.25) is 0 Å². The SMILES string of the molecule is CCCC/C=N/C(C)=N\C=N. The summed E-state index contributed by atoms with van der Waals surface area (Å²) in [5.41, 5.74) is 0. The highest BCUT2D eigenvalue weighted by atomic mass is 14.9. The Bertz CT molecular complexity index is 159. The lowest BCUT2D eigenvalue weighted by molar-refractivity contribution is 0.843. The Morgan fingerprint density at radius 3 is 2.82 bits per heavy atom. The largest absolute Gasteiger partial charge is 0.289 e. The maximum Gasteiger partial charge on any atom is 0.126 e.